The van der Waals surface area contributed by atoms with E-state index < -0.39 is 0 Å². The number of allylic oxidation sites excluding steroid dienone is 18. The van der Waals surface area contributed by atoms with Crippen LogP contribution < -0.4 is 0 Å². The van der Waals surface area contributed by atoms with E-state index in [4.69, 9.17) is 0 Å². The lowest BCUT2D eigenvalue weighted by molar-refractivity contribution is 0.160. The summed E-state index contributed by atoms with van der Waals surface area (Å²) in [5, 5.41) is 0. The highest BCUT2D eigenvalue weighted by atomic mass is 14.4. The highest BCUT2D eigenvalue weighted by molar-refractivity contribution is 5.01. The highest BCUT2D eigenvalue weighted by Gasteiger charge is 2.35. The average Bonchev–Trinajstić information content (AvgIpc) is 0.871. The third-order valence-corrected chi connectivity index (χ3v) is 29.3. The maximum absolute atomic E-state index is 2.55. The molecule has 0 spiro atoms. The van der Waals surface area contributed by atoms with Gasteiger partial charge in [0.25, 0.3) is 0 Å². The predicted molar refractivity (Wildman–Crippen MR) is 488 cm³/mol. The van der Waals surface area contributed by atoms with Gasteiger partial charge in [-0.3, -0.25) is 0 Å². The van der Waals surface area contributed by atoms with Gasteiger partial charge in [-0.1, -0.05) is 236 Å². The van der Waals surface area contributed by atoms with Crippen LogP contribution in [0.15, 0.2) is 109 Å². The molecule has 0 amide bonds. The van der Waals surface area contributed by atoms with Crippen LogP contribution in [-0.4, -0.2) is 0 Å². The van der Waals surface area contributed by atoms with Gasteiger partial charge in [0.2, 0.25) is 0 Å². The second-order valence-electron chi connectivity index (χ2n) is 37.3. The van der Waals surface area contributed by atoms with Crippen LogP contribution in [-0.2, 0) is 0 Å². The molecule has 104 heavy (non-hydrogen) atoms. The monoisotopic (exact) mass is 1450 g/mol. The molecule has 10 saturated carbocycles. The Morgan fingerprint density at radius 1 is 0.192 bits per heavy atom. The summed E-state index contributed by atoms with van der Waals surface area (Å²) in [4.78, 5) is 0. The van der Waals surface area contributed by atoms with Crippen LogP contribution in [0.4, 0.5) is 0 Å². The zero-order valence-electron chi connectivity index (χ0n) is 71.5. The van der Waals surface area contributed by atoms with Gasteiger partial charge in [-0.15, -0.1) is 0 Å². The molecule has 0 radical (unpaired) electrons. The molecule has 0 atom stereocenters. The first-order valence-electron chi connectivity index (χ1n) is 48.1. The van der Waals surface area contributed by atoms with Crippen molar-refractivity contribution in [2.45, 2.75) is 429 Å². The van der Waals surface area contributed by atoms with E-state index in [1.54, 1.807) is 0 Å². The van der Waals surface area contributed by atoms with Crippen LogP contribution in [0.1, 0.15) is 443 Å². The molecule has 0 aromatic rings. The summed E-state index contributed by atoms with van der Waals surface area (Å²) in [6.45, 7) is 22.7. The van der Waals surface area contributed by atoms with Gasteiger partial charge in [0, 0.05) is 14.3 Å². The van der Waals surface area contributed by atoms with Gasteiger partial charge in [-0.25, -0.2) is 0 Å². The van der Waals surface area contributed by atoms with Gasteiger partial charge < -0.3 is 0 Å². The number of rotatable bonds is 30. The normalized spacial score (nSPS) is 34.9. The van der Waals surface area contributed by atoms with Gasteiger partial charge in [0.1, 0.15) is 0 Å². The van der Waals surface area contributed by atoms with E-state index in [0.29, 0.717) is 0 Å². The summed E-state index contributed by atoms with van der Waals surface area (Å²) in [7, 11) is 0. The third-order valence-electron chi connectivity index (χ3n) is 29.3. The molecule has 0 unspecified atom stereocenters. The average molecular weight is 1450 g/mol. The van der Waals surface area contributed by atoms with Crippen molar-refractivity contribution in [3.63, 3.8) is 0 Å². The Morgan fingerprint density at radius 2 is 0.356 bits per heavy atom. The Balaban J connectivity index is -0.000000426. The molecular formula is C104H200. The van der Waals surface area contributed by atoms with E-state index in [1.807, 2.05) is 0 Å². The molecule has 10 rings (SSSR count). The molecule has 0 N–H and O–H groups in total. The molecule has 0 heteroatoms. The summed E-state index contributed by atoms with van der Waals surface area (Å²) in [6.07, 6.45) is 124. The molecule has 0 aromatic carbocycles. The molecule has 10 aliphatic rings. The first-order valence-corrected chi connectivity index (χ1v) is 48.1. The van der Waals surface area contributed by atoms with E-state index in [1.165, 1.54) is 360 Å². The zero-order valence-corrected chi connectivity index (χ0v) is 71.5. The van der Waals surface area contributed by atoms with Crippen molar-refractivity contribution >= 4 is 0 Å². The zero-order chi connectivity index (χ0) is 73.9. The molecule has 0 saturated heterocycles. The van der Waals surface area contributed by atoms with Gasteiger partial charge in [-0.05, 0) is 421 Å². The quantitative estimate of drug-likeness (QED) is 0.0497. The largest absolute Gasteiger partial charge is 0.0914 e. The topological polar surface area (TPSA) is 0 Å². The molecule has 0 aromatic heterocycles. The second-order valence-corrected chi connectivity index (χ2v) is 37.3. The van der Waals surface area contributed by atoms with E-state index in [-0.39, 0.29) is 14.3 Å². The van der Waals surface area contributed by atoms with Crippen molar-refractivity contribution in [2.75, 3.05) is 0 Å². The van der Waals surface area contributed by atoms with E-state index in [2.05, 4.69) is 179 Å². The van der Waals surface area contributed by atoms with Gasteiger partial charge in [0.15, 0.2) is 0 Å². The third kappa shape index (κ3) is 37.6. The first kappa shape index (κ1) is 90.5. The summed E-state index contributed by atoms with van der Waals surface area (Å²) in [6, 6.07) is 0. The maximum atomic E-state index is 2.55. The summed E-state index contributed by atoms with van der Waals surface area (Å²) in [5.41, 5.74) is 0. The fraction of sp³-hybridized carbons (Fsp3) is 0.827. The van der Waals surface area contributed by atoms with Gasteiger partial charge in [-0.2, -0.15) is 0 Å². The Labute approximate surface area is 667 Å². The molecule has 10 aliphatic carbocycles. The van der Waals surface area contributed by atoms with Crippen molar-refractivity contribution in [3.05, 3.63) is 109 Å². The Kier molecular flexibility index (Phi) is 50.2. The number of hydrogen-bond acceptors (Lipinski definition) is 0. The SMILES string of the molecule is C/C=C/C1CCC(C2CCC(/C=C/CC)CC2)CC1.CC/C=C/C1CCC(C2CCC(/C=C/CC)CC2)CC1.CCC/C=C/C1CCC(C2CCC(/C=C/CCC)CC2)CC1.CCCC/C=C/C1CCC(C2CCC(/C=C/CCCC)CC2)CC1.CCCC/C=C/C1CCC(C2CCC(C)CC2)CC1.[HH].[HH].[HH].[HH].[HH].[HH].[HH].[HH].[HH].[HH]. The predicted octanol–water partition coefficient (Wildman–Crippen LogP) is 36.9. The van der Waals surface area contributed by atoms with Crippen molar-refractivity contribution in [3.8, 4) is 0 Å². The van der Waals surface area contributed by atoms with Crippen molar-refractivity contribution in [1.82, 2.24) is 0 Å². The van der Waals surface area contributed by atoms with E-state index in [0.717, 1.165) is 118 Å². The minimum absolute atomic E-state index is 0. The molecule has 0 heterocycles. The standard InChI is InChI=1S/C24H42.C22H38.C20H34.C19H34.C19H32.10H2/c1-3-5-7-9-11-21-13-17-23(18-14-21)24-19-15-22(16-20-24)12-10-8-6-4-2;1-3-5-7-9-19-11-15-21(16-12-19)22-17-13-20(14-18-22)10-8-6-4-2;1-3-5-7-17-9-13-19(14-10-17)20-15-11-18(12-16-20)8-6-4-2;1-3-4-5-6-7-17-10-14-19(15-11-17)18-12-8-16(2)9-13-18;1-3-5-7-17-10-14-19(15-11-17)18-12-8-16(6-4-2)9-13-18;;;;;;;;;;/h9-12,21-24H,3-8,13-20H2,1-2H3;7-10,19-22H,3-6,11-18H2,1-2H3;5-8,17-20H,3-4,9-16H2,1-2H3;6-7,16-19H,3-5,8-15H2,1-2H3;4-7,16-19H,3,8-15H2,1-2H3;10*1H/b11-9+,12-10+;9-7+,10-8+;7-5+,8-6+;7-6+;6-4+,7-5+;;;;;;;;;;. The smallest absolute Gasteiger partial charge is 0 e. The molecule has 0 bridgehead atoms. The van der Waals surface area contributed by atoms with Crippen LogP contribution in [0.3, 0.4) is 0 Å². The molecule has 10 fully saturated rings. The van der Waals surface area contributed by atoms with E-state index in [9.17, 15) is 0 Å². The van der Waals surface area contributed by atoms with Gasteiger partial charge in [0.05, 0.1) is 0 Å². The van der Waals surface area contributed by atoms with Crippen molar-refractivity contribution in [2.24, 2.45) is 118 Å². The lowest BCUT2D eigenvalue weighted by atomic mass is 9.69. The number of hydrogen-bond donors (Lipinski definition) is 0. The van der Waals surface area contributed by atoms with Crippen molar-refractivity contribution < 1.29 is 14.3 Å². The fourth-order valence-corrected chi connectivity index (χ4v) is 22.0. The van der Waals surface area contributed by atoms with Crippen LogP contribution in [0.25, 0.3) is 0 Å². The lowest BCUT2D eigenvalue weighted by Crippen LogP contribution is -2.25. The molecule has 0 aliphatic heterocycles. The molecular weight excluding hydrogens is 1250 g/mol. The summed E-state index contributed by atoms with van der Waals surface area (Å²) < 4.78 is 0. The van der Waals surface area contributed by atoms with Crippen LogP contribution in [0.5, 0.6) is 0 Å². The van der Waals surface area contributed by atoms with Crippen LogP contribution in [0, 0.1) is 118 Å². The number of unbranched alkanes of at least 4 members (excludes halogenated alkanes) is 8. The summed E-state index contributed by atoms with van der Waals surface area (Å²) in [5.74, 6) is 19.7. The molecule has 616 valence electrons. The van der Waals surface area contributed by atoms with Crippen LogP contribution >= 0.6 is 0 Å². The molecule has 0 nitrogen and oxygen atoms in total. The first-order chi connectivity index (χ1) is 51.1. The maximum Gasteiger partial charge on any atom is 0 e. The minimum Gasteiger partial charge on any atom is -0.0914 e. The summed E-state index contributed by atoms with van der Waals surface area (Å²) >= 11 is 0. The Hall–Kier alpha value is -2.34. The van der Waals surface area contributed by atoms with E-state index >= 15 is 0 Å². The highest BCUT2D eigenvalue weighted by Crippen LogP contribution is 2.47. The Bertz CT molecular complexity index is 2190. The second kappa shape index (κ2) is 57.7. The fourth-order valence-electron chi connectivity index (χ4n) is 22.0. The minimum atomic E-state index is 0. The van der Waals surface area contributed by atoms with Crippen LogP contribution in [0.2, 0.25) is 0 Å². The lowest BCUT2D eigenvalue weighted by Gasteiger charge is -2.37. The Morgan fingerprint density at radius 3 is 0.519 bits per heavy atom. The van der Waals surface area contributed by atoms with Crippen molar-refractivity contribution in [1.29, 1.82) is 0 Å². The van der Waals surface area contributed by atoms with Gasteiger partial charge >= 0.3 is 0 Å².